The molecule has 0 heterocycles. The van der Waals surface area contributed by atoms with Crippen LogP contribution in [-0.2, 0) is 14.8 Å². The standard InChI is InChI=1S/C24H24BrN3O4S/c1-2-15-32-22-13-11-19(12-14-22)17-26-27-24(29)18-28(21-8-6-7-20(25)16-21)33(30,31)23-9-4-3-5-10-23/h3-14,16-17H,2,15,18H2,1H3,(H,27,29)/b26-17-. The minimum atomic E-state index is -3.97. The number of hydrazone groups is 1. The lowest BCUT2D eigenvalue weighted by atomic mass is 10.2. The SMILES string of the molecule is CCCOc1ccc(/C=N\NC(=O)CN(c2cccc(Br)c2)S(=O)(=O)c2ccccc2)cc1. The number of benzene rings is 3. The molecule has 0 fully saturated rings. The third kappa shape index (κ3) is 6.90. The number of amides is 1. The smallest absolute Gasteiger partial charge is 0.264 e. The van der Waals surface area contributed by atoms with Gasteiger partial charge in [-0.3, -0.25) is 9.10 Å². The number of carbonyl (C=O) groups excluding carboxylic acids is 1. The Morgan fingerprint density at radius 2 is 1.79 bits per heavy atom. The lowest BCUT2D eigenvalue weighted by Crippen LogP contribution is -2.39. The molecule has 7 nitrogen and oxygen atoms in total. The molecule has 0 spiro atoms. The summed E-state index contributed by atoms with van der Waals surface area (Å²) in [5, 5.41) is 3.96. The Kier molecular flexibility index (Phi) is 8.62. The molecule has 0 atom stereocenters. The van der Waals surface area contributed by atoms with Crippen LogP contribution >= 0.6 is 15.9 Å². The van der Waals surface area contributed by atoms with E-state index in [-0.39, 0.29) is 4.90 Å². The molecule has 0 aliphatic rings. The zero-order valence-electron chi connectivity index (χ0n) is 18.0. The van der Waals surface area contributed by atoms with E-state index in [1.54, 1.807) is 42.5 Å². The van der Waals surface area contributed by atoms with Crippen molar-refractivity contribution in [3.63, 3.8) is 0 Å². The van der Waals surface area contributed by atoms with Gasteiger partial charge in [0.2, 0.25) is 0 Å². The van der Waals surface area contributed by atoms with E-state index < -0.39 is 22.5 Å². The summed E-state index contributed by atoms with van der Waals surface area (Å²) >= 11 is 3.35. The second-order valence-electron chi connectivity index (χ2n) is 7.02. The number of ether oxygens (including phenoxy) is 1. The van der Waals surface area contributed by atoms with Crippen LogP contribution in [0.1, 0.15) is 18.9 Å². The van der Waals surface area contributed by atoms with Crippen molar-refractivity contribution in [3.8, 4) is 5.75 Å². The van der Waals surface area contributed by atoms with Crippen molar-refractivity contribution in [2.45, 2.75) is 18.2 Å². The van der Waals surface area contributed by atoms with Crippen LogP contribution in [0.15, 0.2) is 93.3 Å². The first-order valence-corrected chi connectivity index (χ1v) is 12.5. The number of halogens is 1. The summed E-state index contributed by atoms with van der Waals surface area (Å²) in [5.41, 5.74) is 3.52. The van der Waals surface area contributed by atoms with Gasteiger partial charge in [0, 0.05) is 4.47 Å². The molecular formula is C24H24BrN3O4S. The normalized spacial score (nSPS) is 11.3. The molecule has 0 aliphatic carbocycles. The average molecular weight is 530 g/mol. The van der Waals surface area contributed by atoms with Gasteiger partial charge in [-0.25, -0.2) is 13.8 Å². The Bertz CT molecular complexity index is 1200. The zero-order chi connectivity index (χ0) is 23.7. The first-order chi connectivity index (χ1) is 15.9. The first kappa shape index (κ1) is 24.5. The summed E-state index contributed by atoms with van der Waals surface area (Å²) in [7, 11) is -3.97. The number of sulfonamides is 1. The summed E-state index contributed by atoms with van der Waals surface area (Å²) in [6.45, 7) is 2.24. The van der Waals surface area contributed by atoms with Crippen LogP contribution < -0.4 is 14.5 Å². The third-order valence-electron chi connectivity index (χ3n) is 4.47. The maximum absolute atomic E-state index is 13.3. The van der Waals surface area contributed by atoms with Gasteiger partial charge >= 0.3 is 0 Å². The second kappa shape index (κ2) is 11.6. The Morgan fingerprint density at radius 3 is 2.45 bits per heavy atom. The van der Waals surface area contributed by atoms with E-state index in [0.717, 1.165) is 22.0 Å². The summed E-state index contributed by atoms with van der Waals surface area (Å²) in [5.74, 6) is 0.183. The van der Waals surface area contributed by atoms with E-state index >= 15 is 0 Å². The molecule has 0 aliphatic heterocycles. The monoisotopic (exact) mass is 529 g/mol. The number of nitrogens with one attached hydrogen (secondary N) is 1. The van der Waals surface area contributed by atoms with Gasteiger partial charge in [-0.05, 0) is 66.6 Å². The number of hydrogen-bond donors (Lipinski definition) is 1. The fourth-order valence-electron chi connectivity index (χ4n) is 2.88. The van der Waals surface area contributed by atoms with Crippen molar-refractivity contribution in [1.29, 1.82) is 0 Å². The van der Waals surface area contributed by atoms with Gasteiger partial charge in [0.25, 0.3) is 15.9 Å². The Morgan fingerprint density at radius 1 is 1.06 bits per heavy atom. The van der Waals surface area contributed by atoms with Crippen molar-refractivity contribution in [2.24, 2.45) is 5.10 Å². The number of anilines is 1. The summed E-state index contributed by atoms with van der Waals surface area (Å²) in [6, 6.07) is 22.0. The maximum atomic E-state index is 13.3. The number of carbonyl (C=O) groups is 1. The van der Waals surface area contributed by atoms with E-state index in [4.69, 9.17) is 4.74 Å². The molecule has 3 rings (SSSR count). The molecule has 3 aromatic rings. The molecule has 0 aromatic heterocycles. The van der Waals surface area contributed by atoms with Gasteiger partial charge in [-0.15, -0.1) is 0 Å². The van der Waals surface area contributed by atoms with Crippen LogP contribution in [0.3, 0.4) is 0 Å². The quantitative estimate of drug-likeness (QED) is 0.307. The average Bonchev–Trinajstić information content (AvgIpc) is 2.82. The van der Waals surface area contributed by atoms with Crippen LogP contribution in [-0.4, -0.2) is 33.7 Å². The van der Waals surface area contributed by atoms with Gasteiger partial charge in [-0.1, -0.05) is 47.1 Å². The Labute approximate surface area is 202 Å². The Hall–Kier alpha value is -3.17. The summed E-state index contributed by atoms with van der Waals surface area (Å²) in [4.78, 5) is 12.7. The van der Waals surface area contributed by atoms with Crippen LogP contribution in [0.2, 0.25) is 0 Å². The van der Waals surface area contributed by atoms with Gasteiger partial charge in [0.1, 0.15) is 12.3 Å². The van der Waals surface area contributed by atoms with E-state index in [9.17, 15) is 13.2 Å². The molecule has 172 valence electrons. The first-order valence-electron chi connectivity index (χ1n) is 10.3. The van der Waals surface area contributed by atoms with Crippen LogP contribution in [0, 0.1) is 0 Å². The number of hydrogen-bond acceptors (Lipinski definition) is 5. The summed E-state index contributed by atoms with van der Waals surface area (Å²) < 4.78 is 33.8. The fraction of sp³-hybridized carbons (Fsp3) is 0.167. The minimum Gasteiger partial charge on any atom is -0.494 e. The molecule has 3 aromatic carbocycles. The minimum absolute atomic E-state index is 0.0895. The van der Waals surface area contributed by atoms with Gasteiger partial charge in [0.05, 0.1) is 23.4 Å². The van der Waals surface area contributed by atoms with Gasteiger partial charge in [0.15, 0.2) is 0 Å². The van der Waals surface area contributed by atoms with E-state index in [2.05, 4.69) is 26.5 Å². The van der Waals surface area contributed by atoms with Crippen molar-refractivity contribution in [2.75, 3.05) is 17.5 Å². The molecule has 0 bridgehead atoms. The summed E-state index contributed by atoms with van der Waals surface area (Å²) in [6.07, 6.45) is 2.41. The highest BCUT2D eigenvalue weighted by Crippen LogP contribution is 2.26. The molecule has 0 radical (unpaired) electrons. The fourth-order valence-corrected chi connectivity index (χ4v) is 4.70. The Balaban J connectivity index is 1.73. The predicted octanol–water partition coefficient (Wildman–Crippen LogP) is 4.58. The molecule has 0 saturated carbocycles. The van der Waals surface area contributed by atoms with Crippen molar-refractivity contribution in [1.82, 2.24) is 5.43 Å². The third-order valence-corrected chi connectivity index (χ3v) is 6.75. The molecule has 1 N–H and O–H groups in total. The zero-order valence-corrected chi connectivity index (χ0v) is 20.4. The molecular weight excluding hydrogens is 506 g/mol. The highest BCUT2D eigenvalue weighted by molar-refractivity contribution is 9.10. The van der Waals surface area contributed by atoms with Crippen LogP contribution in [0.5, 0.6) is 5.75 Å². The molecule has 0 unspecified atom stereocenters. The highest BCUT2D eigenvalue weighted by atomic mass is 79.9. The largest absolute Gasteiger partial charge is 0.494 e. The lowest BCUT2D eigenvalue weighted by Gasteiger charge is -2.23. The second-order valence-corrected chi connectivity index (χ2v) is 9.79. The van der Waals surface area contributed by atoms with Gasteiger partial charge in [-0.2, -0.15) is 5.10 Å². The van der Waals surface area contributed by atoms with Crippen molar-refractivity contribution in [3.05, 3.63) is 88.9 Å². The number of nitrogens with zero attached hydrogens (tertiary/aromatic N) is 2. The molecule has 9 heteroatoms. The molecule has 0 saturated heterocycles. The molecule has 33 heavy (non-hydrogen) atoms. The maximum Gasteiger partial charge on any atom is 0.264 e. The highest BCUT2D eigenvalue weighted by Gasteiger charge is 2.27. The van der Waals surface area contributed by atoms with Gasteiger partial charge < -0.3 is 4.74 Å². The van der Waals surface area contributed by atoms with E-state index in [1.165, 1.54) is 18.3 Å². The topological polar surface area (TPSA) is 88.1 Å². The predicted molar refractivity (Wildman–Crippen MR) is 133 cm³/mol. The van der Waals surface area contributed by atoms with Crippen molar-refractivity contribution >= 4 is 43.8 Å². The van der Waals surface area contributed by atoms with E-state index in [1.807, 2.05) is 31.2 Å². The van der Waals surface area contributed by atoms with Crippen molar-refractivity contribution < 1.29 is 17.9 Å². The number of rotatable bonds is 10. The van der Waals surface area contributed by atoms with E-state index in [0.29, 0.717) is 16.8 Å². The molecule has 1 amide bonds. The van der Waals surface area contributed by atoms with Crippen LogP contribution in [0.25, 0.3) is 0 Å². The van der Waals surface area contributed by atoms with Crippen LogP contribution in [0.4, 0.5) is 5.69 Å². The lowest BCUT2D eigenvalue weighted by molar-refractivity contribution is -0.119.